The van der Waals surface area contributed by atoms with Gasteiger partial charge in [-0.2, -0.15) is 0 Å². The summed E-state index contributed by atoms with van der Waals surface area (Å²) in [5.41, 5.74) is -0.349. The van der Waals surface area contributed by atoms with Crippen molar-refractivity contribution >= 4 is 5.91 Å². The highest BCUT2D eigenvalue weighted by molar-refractivity contribution is 5.81. The quantitative estimate of drug-likeness (QED) is 0.687. The van der Waals surface area contributed by atoms with Crippen LogP contribution in [0.1, 0.15) is 20.8 Å². The van der Waals surface area contributed by atoms with E-state index in [1.165, 1.54) is 7.11 Å². The SMILES string of the molecule is COCC(C)(C)NC(=O)C(C)OC. The predicted octanol–water partition coefficient (Wildman–Crippen LogP) is 0.562. The van der Waals surface area contributed by atoms with Crippen LogP contribution in [0.25, 0.3) is 0 Å². The predicted molar refractivity (Wildman–Crippen MR) is 50.6 cm³/mol. The minimum Gasteiger partial charge on any atom is -0.382 e. The summed E-state index contributed by atoms with van der Waals surface area (Å²) in [6.45, 7) is 5.99. The van der Waals surface area contributed by atoms with Crippen molar-refractivity contribution in [2.75, 3.05) is 20.8 Å². The molecule has 78 valence electrons. The summed E-state index contributed by atoms with van der Waals surface area (Å²) < 4.78 is 9.85. The zero-order valence-corrected chi connectivity index (χ0v) is 9.01. The van der Waals surface area contributed by atoms with Crippen LogP contribution in [0.15, 0.2) is 0 Å². The number of methoxy groups -OCH3 is 2. The molecule has 0 aromatic rings. The summed E-state index contributed by atoms with van der Waals surface area (Å²) >= 11 is 0. The molecule has 0 fully saturated rings. The third kappa shape index (κ3) is 4.85. The fraction of sp³-hybridized carbons (Fsp3) is 0.889. The Labute approximate surface area is 79.6 Å². The van der Waals surface area contributed by atoms with E-state index in [9.17, 15) is 4.79 Å². The number of hydrogen-bond donors (Lipinski definition) is 1. The van der Waals surface area contributed by atoms with Crippen molar-refractivity contribution in [3.8, 4) is 0 Å². The molecule has 0 heterocycles. The van der Waals surface area contributed by atoms with Gasteiger partial charge >= 0.3 is 0 Å². The summed E-state index contributed by atoms with van der Waals surface area (Å²) in [6.07, 6.45) is -0.420. The van der Waals surface area contributed by atoms with E-state index in [-0.39, 0.29) is 11.4 Å². The number of amides is 1. The van der Waals surface area contributed by atoms with E-state index in [0.717, 1.165) is 0 Å². The van der Waals surface area contributed by atoms with Crippen molar-refractivity contribution in [1.29, 1.82) is 0 Å². The summed E-state index contributed by atoms with van der Waals surface area (Å²) in [5, 5.41) is 2.82. The van der Waals surface area contributed by atoms with Crippen LogP contribution in [0.2, 0.25) is 0 Å². The molecule has 0 aliphatic carbocycles. The van der Waals surface area contributed by atoms with Crippen molar-refractivity contribution in [1.82, 2.24) is 5.32 Å². The number of carbonyl (C=O) groups excluding carboxylic acids is 1. The average molecular weight is 189 g/mol. The first-order valence-electron chi connectivity index (χ1n) is 4.26. The number of nitrogens with one attached hydrogen (secondary N) is 1. The molecule has 13 heavy (non-hydrogen) atoms. The Balaban J connectivity index is 4.03. The second-order valence-corrected chi connectivity index (χ2v) is 3.68. The van der Waals surface area contributed by atoms with E-state index in [0.29, 0.717) is 6.61 Å². The normalized spacial score (nSPS) is 13.9. The molecule has 1 unspecified atom stereocenters. The second-order valence-electron chi connectivity index (χ2n) is 3.68. The highest BCUT2D eigenvalue weighted by atomic mass is 16.5. The van der Waals surface area contributed by atoms with Crippen LogP contribution in [0, 0.1) is 0 Å². The minimum absolute atomic E-state index is 0.121. The first kappa shape index (κ1) is 12.4. The number of rotatable bonds is 5. The molecule has 4 heteroatoms. The van der Waals surface area contributed by atoms with Crippen molar-refractivity contribution in [2.45, 2.75) is 32.4 Å². The van der Waals surface area contributed by atoms with Crippen LogP contribution in [0.3, 0.4) is 0 Å². The minimum atomic E-state index is -0.420. The zero-order valence-electron chi connectivity index (χ0n) is 9.01. The van der Waals surface area contributed by atoms with Gasteiger partial charge in [0.15, 0.2) is 0 Å². The number of ether oxygens (including phenoxy) is 2. The molecular formula is C9H19NO3. The van der Waals surface area contributed by atoms with Crippen LogP contribution in [0.5, 0.6) is 0 Å². The van der Waals surface area contributed by atoms with Crippen molar-refractivity contribution in [3.63, 3.8) is 0 Å². The van der Waals surface area contributed by atoms with Gasteiger partial charge in [-0.1, -0.05) is 0 Å². The van der Waals surface area contributed by atoms with E-state index < -0.39 is 6.10 Å². The first-order valence-corrected chi connectivity index (χ1v) is 4.26. The van der Waals surface area contributed by atoms with Crippen molar-refractivity contribution in [2.24, 2.45) is 0 Å². The molecule has 0 aromatic carbocycles. The molecule has 1 amide bonds. The highest BCUT2D eigenvalue weighted by Gasteiger charge is 2.22. The number of hydrogen-bond acceptors (Lipinski definition) is 3. The van der Waals surface area contributed by atoms with Crippen LogP contribution < -0.4 is 5.32 Å². The lowest BCUT2D eigenvalue weighted by molar-refractivity contribution is -0.132. The third-order valence-electron chi connectivity index (χ3n) is 1.69. The second kappa shape index (κ2) is 5.19. The van der Waals surface area contributed by atoms with Gasteiger partial charge in [-0.3, -0.25) is 4.79 Å². The third-order valence-corrected chi connectivity index (χ3v) is 1.69. The lowest BCUT2D eigenvalue weighted by atomic mass is 10.1. The van der Waals surface area contributed by atoms with Crippen LogP contribution in [0.4, 0.5) is 0 Å². The average Bonchev–Trinajstić information content (AvgIpc) is 2.01. The monoisotopic (exact) mass is 189 g/mol. The van der Waals surface area contributed by atoms with Gasteiger partial charge in [0, 0.05) is 14.2 Å². The zero-order chi connectivity index (χ0) is 10.5. The molecule has 1 atom stereocenters. The summed E-state index contributed by atoms with van der Waals surface area (Å²) in [7, 11) is 3.11. The van der Waals surface area contributed by atoms with E-state index in [4.69, 9.17) is 9.47 Å². The summed E-state index contributed by atoms with van der Waals surface area (Å²) in [6, 6.07) is 0. The fourth-order valence-corrected chi connectivity index (χ4v) is 0.939. The van der Waals surface area contributed by atoms with Crippen LogP contribution in [-0.2, 0) is 14.3 Å². The van der Waals surface area contributed by atoms with Crippen LogP contribution in [-0.4, -0.2) is 38.4 Å². The van der Waals surface area contributed by atoms with E-state index in [1.807, 2.05) is 13.8 Å². The van der Waals surface area contributed by atoms with Gasteiger partial charge in [-0.15, -0.1) is 0 Å². The Morgan fingerprint density at radius 1 is 1.46 bits per heavy atom. The first-order chi connectivity index (χ1) is 5.93. The molecule has 0 saturated heterocycles. The van der Waals surface area contributed by atoms with Gasteiger partial charge in [0.1, 0.15) is 6.10 Å². The van der Waals surface area contributed by atoms with Gasteiger partial charge in [0.05, 0.1) is 12.1 Å². The van der Waals surface area contributed by atoms with Gasteiger partial charge < -0.3 is 14.8 Å². The smallest absolute Gasteiger partial charge is 0.249 e. The Morgan fingerprint density at radius 3 is 2.38 bits per heavy atom. The fourth-order valence-electron chi connectivity index (χ4n) is 0.939. The number of carbonyl (C=O) groups is 1. The maximum Gasteiger partial charge on any atom is 0.249 e. The Kier molecular flexibility index (Phi) is 4.95. The van der Waals surface area contributed by atoms with Gasteiger partial charge in [-0.25, -0.2) is 0 Å². The molecule has 0 bridgehead atoms. The molecule has 0 aromatic heterocycles. The molecule has 1 N–H and O–H groups in total. The molecule has 0 aliphatic heterocycles. The Bertz CT molecular complexity index is 168. The molecule has 0 radical (unpaired) electrons. The molecule has 4 nitrogen and oxygen atoms in total. The van der Waals surface area contributed by atoms with Crippen molar-refractivity contribution < 1.29 is 14.3 Å². The van der Waals surface area contributed by atoms with Gasteiger partial charge in [-0.05, 0) is 20.8 Å². The van der Waals surface area contributed by atoms with Crippen LogP contribution >= 0.6 is 0 Å². The lowest BCUT2D eigenvalue weighted by Gasteiger charge is -2.26. The standard InChI is InChI=1S/C9H19NO3/c1-7(13-5)8(11)10-9(2,3)6-12-4/h7H,6H2,1-5H3,(H,10,11). The highest BCUT2D eigenvalue weighted by Crippen LogP contribution is 2.03. The molecule has 0 saturated carbocycles. The van der Waals surface area contributed by atoms with Gasteiger partial charge in [0.25, 0.3) is 0 Å². The molecule has 0 spiro atoms. The Morgan fingerprint density at radius 2 is 2.00 bits per heavy atom. The topological polar surface area (TPSA) is 47.6 Å². The lowest BCUT2D eigenvalue weighted by Crippen LogP contribution is -2.50. The molecular weight excluding hydrogens is 170 g/mol. The van der Waals surface area contributed by atoms with E-state index in [1.54, 1.807) is 14.0 Å². The maximum atomic E-state index is 11.4. The summed E-state index contributed by atoms with van der Waals surface area (Å²) in [5.74, 6) is -0.121. The summed E-state index contributed by atoms with van der Waals surface area (Å²) in [4.78, 5) is 11.4. The Hall–Kier alpha value is -0.610. The van der Waals surface area contributed by atoms with E-state index >= 15 is 0 Å². The molecule has 0 aliphatic rings. The van der Waals surface area contributed by atoms with Gasteiger partial charge in [0.2, 0.25) is 5.91 Å². The molecule has 0 rings (SSSR count). The van der Waals surface area contributed by atoms with Crippen molar-refractivity contribution in [3.05, 3.63) is 0 Å². The largest absolute Gasteiger partial charge is 0.382 e. The van der Waals surface area contributed by atoms with E-state index in [2.05, 4.69) is 5.32 Å². The maximum absolute atomic E-state index is 11.4.